The molecular weight excluding hydrogens is 605 g/mol. The van der Waals surface area contributed by atoms with Gasteiger partial charge in [0.25, 0.3) is 0 Å². The lowest BCUT2D eigenvalue weighted by Gasteiger charge is -2.29. The van der Waals surface area contributed by atoms with Crippen molar-refractivity contribution in [3.8, 4) is 39.1 Å². The number of rotatable bonds is 7. The standard InChI is InChI=1S/C48H34N2/c1-5-15-35(16-6-1)37-25-29-41(30-26-37)49(42-31-27-38(28-32-42)36-17-7-2-8-18-36)47-34-48-45(33-44(47)39-19-9-3-10-20-39)43-23-13-14-24-46(43)50(48)40-21-11-4-12-22-40/h1-34H. The first kappa shape index (κ1) is 29.5. The van der Waals surface area contributed by atoms with Crippen LogP contribution in [-0.4, -0.2) is 4.57 Å². The monoisotopic (exact) mass is 638 g/mol. The molecule has 236 valence electrons. The second-order valence-electron chi connectivity index (χ2n) is 12.6. The Morgan fingerprint density at radius 1 is 0.320 bits per heavy atom. The van der Waals surface area contributed by atoms with Crippen molar-refractivity contribution in [2.24, 2.45) is 0 Å². The second kappa shape index (κ2) is 12.8. The molecule has 0 atom stereocenters. The van der Waals surface area contributed by atoms with Crippen LogP contribution in [0.25, 0.3) is 60.9 Å². The van der Waals surface area contributed by atoms with E-state index in [-0.39, 0.29) is 0 Å². The summed E-state index contributed by atoms with van der Waals surface area (Å²) in [6.45, 7) is 0. The first-order valence-electron chi connectivity index (χ1n) is 17.1. The van der Waals surface area contributed by atoms with Crippen LogP contribution >= 0.6 is 0 Å². The predicted molar refractivity (Wildman–Crippen MR) is 212 cm³/mol. The maximum Gasteiger partial charge on any atom is 0.0562 e. The molecule has 9 aromatic rings. The SMILES string of the molecule is c1ccc(-c2ccc(N(c3ccc(-c4ccccc4)cc3)c3cc4c(cc3-c3ccccc3)c3ccccc3n4-c3ccccc3)cc2)cc1. The number of para-hydroxylation sites is 2. The van der Waals surface area contributed by atoms with Crippen molar-refractivity contribution in [2.75, 3.05) is 4.90 Å². The van der Waals surface area contributed by atoms with Crippen LogP contribution in [-0.2, 0) is 0 Å². The highest BCUT2D eigenvalue weighted by Gasteiger charge is 2.22. The third kappa shape index (κ3) is 5.34. The van der Waals surface area contributed by atoms with Gasteiger partial charge in [0.05, 0.1) is 16.7 Å². The van der Waals surface area contributed by atoms with Crippen molar-refractivity contribution >= 4 is 38.9 Å². The van der Waals surface area contributed by atoms with Crippen molar-refractivity contribution in [3.05, 3.63) is 206 Å². The summed E-state index contributed by atoms with van der Waals surface area (Å²) in [6.07, 6.45) is 0. The largest absolute Gasteiger partial charge is 0.310 e. The average Bonchev–Trinajstić information content (AvgIpc) is 3.53. The van der Waals surface area contributed by atoms with E-state index in [1.54, 1.807) is 0 Å². The lowest BCUT2D eigenvalue weighted by Crippen LogP contribution is -2.11. The molecule has 9 rings (SSSR count). The van der Waals surface area contributed by atoms with Crippen LogP contribution in [0.15, 0.2) is 206 Å². The van der Waals surface area contributed by atoms with Gasteiger partial charge in [0.2, 0.25) is 0 Å². The van der Waals surface area contributed by atoms with Gasteiger partial charge >= 0.3 is 0 Å². The fourth-order valence-electron chi connectivity index (χ4n) is 7.19. The summed E-state index contributed by atoms with van der Waals surface area (Å²) in [5.41, 5.74) is 13.9. The van der Waals surface area contributed by atoms with Crippen LogP contribution in [0.3, 0.4) is 0 Å². The van der Waals surface area contributed by atoms with Crippen molar-refractivity contribution < 1.29 is 0 Å². The van der Waals surface area contributed by atoms with E-state index in [4.69, 9.17) is 0 Å². The molecule has 2 heteroatoms. The Labute approximate surface area is 292 Å². The number of hydrogen-bond donors (Lipinski definition) is 0. The topological polar surface area (TPSA) is 8.17 Å². The molecule has 0 aliphatic rings. The zero-order chi connectivity index (χ0) is 33.3. The Morgan fingerprint density at radius 2 is 0.760 bits per heavy atom. The lowest BCUT2D eigenvalue weighted by atomic mass is 9.98. The van der Waals surface area contributed by atoms with Crippen LogP contribution in [0.1, 0.15) is 0 Å². The van der Waals surface area contributed by atoms with Gasteiger partial charge in [-0.25, -0.2) is 0 Å². The second-order valence-corrected chi connectivity index (χ2v) is 12.6. The Kier molecular flexibility index (Phi) is 7.53. The quantitative estimate of drug-likeness (QED) is 0.169. The van der Waals surface area contributed by atoms with E-state index >= 15 is 0 Å². The molecule has 1 heterocycles. The normalized spacial score (nSPS) is 11.2. The van der Waals surface area contributed by atoms with Crippen LogP contribution in [0.4, 0.5) is 17.1 Å². The summed E-state index contributed by atoms with van der Waals surface area (Å²) in [7, 11) is 0. The number of hydrogen-bond acceptors (Lipinski definition) is 1. The van der Waals surface area contributed by atoms with Crippen LogP contribution in [0, 0.1) is 0 Å². The van der Waals surface area contributed by atoms with Gasteiger partial charge < -0.3 is 9.47 Å². The smallest absolute Gasteiger partial charge is 0.0562 e. The minimum atomic E-state index is 1.09. The average molecular weight is 639 g/mol. The Balaban J connectivity index is 1.32. The van der Waals surface area contributed by atoms with Crippen molar-refractivity contribution in [1.29, 1.82) is 0 Å². The summed E-state index contributed by atoms with van der Waals surface area (Å²) in [5, 5.41) is 2.46. The highest BCUT2D eigenvalue weighted by atomic mass is 15.1. The molecule has 8 aromatic carbocycles. The van der Waals surface area contributed by atoms with Gasteiger partial charge in [0.15, 0.2) is 0 Å². The van der Waals surface area contributed by atoms with Gasteiger partial charge in [-0.1, -0.05) is 152 Å². The van der Waals surface area contributed by atoms with E-state index in [1.807, 2.05) is 0 Å². The predicted octanol–water partition coefficient (Wildman–Crippen LogP) is 13.3. The number of benzene rings is 8. The highest BCUT2D eigenvalue weighted by molar-refractivity contribution is 6.13. The van der Waals surface area contributed by atoms with Crippen LogP contribution in [0.2, 0.25) is 0 Å². The van der Waals surface area contributed by atoms with Crippen molar-refractivity contribution in [3.63, 3.8) is 0 Å². The van der Waals surface area contributed by atoms with E-state index in [0.29, 0.717) is 0 Å². The summed E-state index contributed by atoms with van der Waals surface area (Å²) in [6, 6.07) is 74.1. The molecule has 0 unspecified atom stereocenters. The Morgan fingerprint density at radius 3 is 1.30 bits per heavy atom. The first-order valence-corrected chi connectivity index (χ1v) is 17.1. The molecule has 2 nitrogen and oxygen atoms in total. The third-order valence-corrected chi connectivity index (χ3v) is 9.60. The third-order valence-electron chi connectivity index (χ3n) is 9.60. The van der Waals surface area contributed by atoms with Crippen LogP contribution in [0.5, 0.6) is 0 Å². The van der Waals surface area contributed by atoms with Crippen molar-refractivity contribution in [2.45, 2.75) is 0 Å². The van der Waals surface area contributed by atoms with E-state index in [0.717, 1.165) is 22.7 Å². The molecule has 0 spiro atoms. The van der Waals surface area contributed by atoms with E-state index in [9.17, 15) is 0 Å². The van der Waals surface area contributed by atoms with E-state index < -0.39 is 0 Å². The number of anilines is 3. The summed E-state index contributed by atoms with van der Waals surface area (Å²) >= 11 is 0. The molecule has 50 heavy (non-hydrogen) atoms. The highest BCUT2D eigenvalue weighted by Crippen LogP contribution is 2.46. The first-order chi connectivity index (χ1) is 24.8. The van der Waals surface area contributed by atoms with E-state index in [2.05, 4.69) is 216 Å². The van der Waals surface area contributed by atoms with E-state index in [1.165, 1.54) is 55.2 Å². The lowest BCUT2D eigenvalue weighted by molar-refractivity contribution is 1.18. The molecule has 0 saturated carbocycles. The molecule has 0 amide bonds. The molecule has 1 aromatic heterocycles. The summed E-state index contributed by atoms with van der Waals surface area (Å²) < 4.78 is 2.40. The summed E-state index contributed by atoms with van der Waals surface area (Å²) in [5.74, 6) is 0. The Hall–Kier alpha value is -6.64. The molecule has 0 radical (unpaired) electrons. The van der Waals surface area contributed by atoms with Gasteiger partial charge in [-0.15, -0.1) is 0 Å². The Bertz CT molecular complexity index is 2450. The molecule has 0 saturated heterocycles. The fourth-order valence-corrected chi connectivity index (χ4v) is 7.19. The minimum absolute atomic E-state index is 1.09. The van der Waals surface area contributed by atoms with Gasteiger partial charge in [-0.2, -0.15) is 0 Å². The van der Waals surface area contributed by atoms with Crippen LogP contribution < -0.4 is 4.90 Å². The fraction of sp³-hybridized carbons (Fsp3) is 0. The maximum absolute atomic E-state index is 2.42. The van der Waals surface area contributed by atoms with Gasteiger partial charge in [-0.05, 0) is 82.4 Å². The molecule has 0 bridgehead atoms. The summed E-state index contributed by atoms with van der Waals surface area (Å²) in [4.78, 5) is 2.42. The zero-order valence-corrected chi connectivity index (χ0v) is 27.5. The van der Waals surface area contributed by atoms with Crippen molar-refractivity contribution in [1.82, 2.24) is 4.57 Å². The van der Waals surface area contributed by atoms with Gasteiger partial charge in [-0.3, -0.25) is 0 Å². The molecule has 0 fully saturated rings. The van der Waals surface area contributed by atoms with Gasteiger partial charge in [0.1, 0.15) is 0 Å². The number of fused-ring (bicyclic) bond motifs is 3. The molecule has 0 N–H and O–H groups in total. The molecule has 0 aliphatic heterocycles. The number of nitrogens with zero attached hydrogens (tertiary/aromatic N) is 2. The zero-order valence-electron chi connectivity index (χ0n) is 27.5. The van der Waals surface area contributed by atoms with Gasteiger partial charge in [0, 0.05) is 33.4 Å². The number of aromatic nitrogens is 1. The minimum Gasteiger partial charge on any atom is -0.310 e. The molecule has 0 aliphatic carbocycles. The maximum atomic E-state index is 2.42. The molecular formula is C48H34N2.